The van der Waals surface area contributed by atoms with Crippen LogP contribution in [0.4, 0.5) is 0 Å². The third-order valence-corrected chi connectivity index (χ3v) is 13.8. The summed E-state index contributed by atoms with van der Waals surface area (Å²) >= 11 is 0. The Morgan fingerprint density at radius 1 is 0.818 bits per heavy atom. The summed E-state index contributed by atoms with van der Waals surface area (Å²) in [4.78, 5) is 66.9. The summed E-state index contributed by atoms with van der Waals surface area (Å²) < 4.78 is 28.6. The first-order valence-corrected chi connectivity index (χ1v) is 18.1. The molecule has 0 aromatic carbocycles. The van der Waals surface area contributed by atoms with E-state index in [0.29, 0.717) is 58.2 Å². The standard InChI is InChI=1S/C36H48O11.8CH4/c1-17-22(24-10-23(17)29-26(24)15-44-33(29)40)8-21(31(38)45-27-5-3-4-6-43-27)9-25(28-18(2)30(37)46-34(28)41)32(39)47-36-13-19-7-20(14-36)12-35(42,11-19)16-36;;;;;;;;/h17-29,42H,3-16H2,1-2H3;8*1H4. The molecule has 13 unspecified atom stereocenters. The largest absolute Gasteiger partial charge is 0.465 e. The molecule has 9 fully saturated rings. The average molecular weight is 785 g/mol. The lowest BCUT2D eigenvalue weighted by Gasteiger charge is -2.59. The van der Waals surface area contributed by atoms with Gasteiger partial charge in [0.05, 0.1) is 48.4 Å². The predicted octanol–water partition coefficient (Wildman–Crippen LogP) is 8.81. The second-order valence-electron chi connectivity index (χ2n) is 16.8. The molecular formula is C44H80O11. The molecule has 3 aliphatic heterocycles. The fourth-order valence-electron chi connectivity index (χ4n) is 12.2. The molecule has 9 rings (SSSR count). The molecule has 13 atom stereocenters. The van der Waals surface area contributed by atoms with E-state index in [9.17, 15) is 29.1 Å². The molecule has 0 spiro atoms. The monoisotopic (exact) mass is 785 g/mol. The van der Waals surface area contributed by atoms with Crippen LogP contribution in [0.1, 0.15) is 150 Å². The van der Waals surface area contributed by atoms with Crippen LogP contribution >= 0.6 is 0 Å². The van der Waals surface area contributed by atoms with Crippen LogP contribution in [0.5, 0.6) is 0 Å². The van der Waals surface area contributed by atoms with E-state index in [1.165, 1.54) is 0 Å². The van der Waals surface area contributed by atoms with Crippen LogP contribution in [0.25, 0.3) is 0 Å². The highest BCUT2D eigenvalue weighted by Gasteiger charge is 2.63. The van der Waals surface area contributed by atoms with E-state index in [1.54, 1.807) is 6.92 Å². The molecule has 55 heavy (non-hydrogen) atoms. The normalized spacial score (nSPS) is 40.5. The number of fused-ring (bicyclic) bond motifs is 5. The Hall–Kier alpha value is -2.53. The highest BCUT2D eigenvalue weighted by atomic mass is 16.7. The maximum absolute atomic E-state index is 14.4. The van der Waals surface area contributed by atoms with Gasteiger partial charge in [-0.05, 0) is 99.7 Å². The number of carbonyl (C=O) groups excluding carboxylic acids is 5. The lowest BCUT2D eigenvalue weighted by molar-refractivity contribution is -0.224. The van der Waals surface area contributed by atoms with Crippen LogP contribution in [0.3, 0.4) is 0 Å². The van der Waals surface area contributed by atoms with Crippen molar-refractivity contribution in [1.82, 2.24) is 0 Å². The highest BCUT2D eigenvalue weighted by molar-refractivity contribution is 5.98. The molecule has 11 heteroatoms. The van der Waals surface area contributed by atoms with Crippen molar-refractivity contribution in [3.63, 3.8) is 0 Å². The summed E-state index contributed by atoms with van der Waals surface area (Å²) in [7, 11) is 0. The quantitative estimate of drug-likeness (QED) is 0.136. The first-order valence-electron chi connectivity index (χ1n) is 18.1. The zero-order chi connectivity index (χ0) is 32.8. The van der Waals surface area contributed by atoms with Gasteiger partial charge in [-0.15, -0.1) is 0 Å². The van der Waals surface area contributed by atoms with E-state index >= 15 is 0 Å². The maximum Gasteiger partial charge on any atom is 0.318 e. The van der Waals surface area contributed by atoms with Gasteiger partial charge in [-0.25, -0.2) is 0 Å². The van der Waals surface area contributed by atoms with Gasteiger partial charge in [0, 0.05) is 18.8 Å². The van der Waals surface area contributed by atoms with Gasteiger partial charge >= 0.3 is 29.8 Å². The van der Waals surface area contributed by atoms with Gasteiger partial charge in [-0.1, -0.05) is 73.3 Å². The molecule has 6 bridgehead atoms. The third kappa shape index (κ3) is 9.13. The van der Waals surface area contributed by atoms with Crippen molar-refractivity contribution < 1.29 is 52.8 Å². The summed E-state index contributed by atoms with van der Waals surface area (Å²) in [5.41, 5.74) is -1.68. The minimum Gasteiger partial charge on any atom is -0.465 e. The Labute approximate surface area is 334 Å². The second kappa shape index (κ2) is 19.3. The van der Waals surface area contributed by atoms with Crippen molar-refractivity contribution in [3.8, 4) is 0 Å². The highest BCUT2D eigenvalue weighted by Crippen LogP contribution is 2.62. The number of cyclic esters (lactones) is 3. The Morgan fingerprint density at radius 2 is 1.47 bits per heavy atom. The molecule has 0 amide bonds. The lowest BCUT2D eigenvalue weighted by Crippen LogP contribution is -2.60. The molecule has 3 saturated heterocycles. The maximum atomic E-state index is 14.4. The Balaban J connectivity index is 0.00000364. The average Bonchev–Trinajstić information content (AvgIpc) is 3.72. The summed E-state index contributed by atoms with van der Waals surface area (Å²) in [6.45, 7) is 4.63. The Morgan fingerprint density at radius 3 is 2.04 bits per heavy atom. The zero-order valence-corrected chi connectivity index (χ0v) is 27.4. The summed E-state index contributed by atoms with van der Waals surface area (Å²) in [5.74, 6) is -5.24. The van der Waals surface area contributed by atoms with Gasteiger partial charge in [-0.3, -0.25) is 24.0 Å². The van der Waals surface area contributed by atoms with Crippen LogP contribution in [0.15, 0.2) is 0 Å². The van der Waals surface area contributed by atoms with E-state index in [4.69, 9.17) is 23.7 Å². The lowest BCUT2D eigenvalue weighted by atomic mass is 9.52. The molecule has 1 N–H and O–H groups in total. The smallest absolute Gasteiger partial charge is 0.318 e. The number of aliphatic hydroxyl groups is 1. The fourth-order valence-corrected chi connectivity index (χ4v) is 12.2. The molecule has 9 aliphatic rings. The van der Waals surface area contributed by atoms with Crippen LogP contribution in [-0.2, 0) is 47.7 Å². The van der Waals surface area contributed by atoms with Crippen LogP contribution < -0.4 is 0 Å². The van der Waals surface area contributed by atoms with Crippen LogP contribution in [0, 0.1) is 71.0 Å². The number of carbonyl (C=O) groups is 5. The minimum absolute atomic E-state index is 0. The van der Waals surface area contributed by atoms with Crippen molar-refractivity contribution in [2.24, 2.45) is 71.0 Å². The first kappa shape index (κ1) is 52.5. The van der Waals surface area contributed by atoms with E-state index in [2.05, 4.69) is 6.92 Å². The molecule has 0 radical (unpaired) electrons. The summed E-state index contributed by atoms with van der Waals surface area (Å²) in [5, 5.41) is 11.3. The van der Waals surface area contributed by atoms with Crippen LogP contribution in [0.2, 0.25) is 0 Å². The molecule has 6 saturated carbocycles. The van der Waals surface area contributed by atoms with Crippen molar-refractivity contribution in [2.45, 2.75) is 168 Å². The number of ether oxygens (including phenoxy) is 5. The van der Waals surface area contributed by atoms with Gasteiger partial charge in [0.15, 0.2) is 0 Å². The van der Waals surface area contributed by atoms with Crippen LogP contribution in [-0.4, -0.2) is 65.7 Å². The van der Waals surface area contributed by atoms with E-state index < -0.39 is 65.0 Å². The van der Waals surface area contributed by atoms with E-state index in [-0.39, 0.29) is 119 Å². The number of hydrogen-bond donors (Lipinski definition) is 1. The second-order valence-corrected chi connectivity index (χ2v) is 16.8. The molecule has 11 nitrogen and oxygen atoms in total. The summed E-state index contributed by atoms with van der Waals surface area (Å²) in [6, 6.07) is 0. The Kier molecular flexibility index (Phi) is 18.4. The predicted molar refractivity (Wildman–Crippen MR) is 214 cm³/mol. The van der Waals surface area contributed by atoms with Gasteiger partial charge in [-0.2, -0.15) is 0 Å². The molecule has 3 heterocycles. The number of rotatable bonds is 9. The van der Waals surface area contributed by atoms with E-state index in [0.717, 1.165) is 25.7 Å². The first-order chi connectivity index (χ1) is 22.4. The van der Waals surface area contributed by atoms with Gasteiger partial charge in [0.25, 0.3) is 0 Å². The fraction of sp³-hybridized carbons (Fsp3) is 0.886. The SMILES string of the molecule is C.C.C.C.C.C.C.C.CC1C(=O)OC(=O)C1C(CC(CC1C(C)C2CC1C1COC(=O)C21)C(=O)OC1CCCCO1)C(=O)OC12CC3CC(CC(O)(C3)C1)C2. The third-order valence-electron chi connectivity index (χ3n) is 13.8. The van der Waals surface area contributed by atoms with Crippen molar-refractivity contribution in [2.75, 3.05) is 13.2 Å². The molecule has 322 valence electrons. The Bertz CT molecular complexity index is 1320. The van der Waals surface area contributed by atoms with Crippen molar-refractivity contribution >= 4 is 29.8 Å². The number of hydrogen-bond acceptors (Lipinski definition) is 11. The van der Waals surface area contributed by atoms with Gasteiger partial charge in [0.1, 0.15) is 5.60 Å². The molecule has 0 aromatic rings. The van der Waals surface area contributed by atoms with Crippen molar-refractivity contribution in [1.29, 1.82) is 0 Å². The molecule has 6 aliphatic carbocycles. The number of esters is 5. The van der Waals surface area contributed by atoms with Gasteiger partial charge < -0.3 is 28.8 Å². The van der Waals surface area contributed by atoms with Crippen molar-refractivity contribution in [3.05, 3.63) is 0 Å². The van der Waals surface area contributed by atoms with Gasteiger partial charge in [0.2, 0.25) is 6.29 Å². The van der Waals surface area contributed by atoms with E-state index in [1.807, 2.05) is 0 Å². The molecule has 0 aromatic heterocycles. The summed E-state index contributed by atoms with van der Waals surface area (Å²) in [6.07, 6.45) is 7.14. The molecular weight excluding hydrogens is 704 g/mol. The minimum atomic E-state index is -1.10. The zero-order valence-electron chi connectivity index (χ0n) is 27.4. The topological polar surface area (TPSA) is 152 Å².